The fourth-order valence-electron chi connectivity index (χ4n) is 1.91. The smallest absolute Gasteiger partial charge is 0.172 e. The van der Waals surface area contributed by atoms with Crippen LogP contribution >= 0.6 is 23.2 Å². The molecule has 1 heterocycles. The van der Waals surface area contributed by atoms with Gasteiger partial charge >= 0.3 is 0 Å². The van der Waals surface area contributed by atoms with E-state index < -0.39 is 0 Å². The number of rotatable bonds is 3. The van der Waals surface area contributed by atoms with Crippen LogP contribution in [0.15, 0.2) is 48.5 Å². The minimum absolute atomic E-state index is 0.357. The van der Waals surface area contributed by atoms with E-state index in [0.717, 1.165) is 16.6 Å². The largest absolute Gasteiger partial charge is 0.363 e. The van der Waals surface area contributed by atoms with Gasteiger partial charge in [0.1, 0.15) is 0 Å². The monoisotopic (exact) mass is 303 g/mol. The molecule has 0 unspecified atom stereocenters. The third-order valence-corrected chi connectivity index (χ3v) is 3.56. The molecule has 2 aromatic carbocycles. The van der Waals surface area contributed by atoms with Gasteiger partial charge in [0.25, 0.3) is 0 Å². The van der Waals surface area contributed by atoms with Crippen molar-refractivity contribution >= 4 is 40.1 Å². The summed E-state index contributed by atoms with van der Waals surface area (Å²) in [7, 11) is 0. The van der Waals surface area contributed by atoms with Crippen LogP contribution in [0.1, 0.15) is 5.56 Å². The average Bonchev–Trinajstić information content (AvgIpc) is 2.46. The molecule has 0 fully saturated rings. The quantitative estimate of drug-likeness (QED) is 0.771. The number of nitrogens with zero attached hydrogens (tertiary/aromatic N) is 2. The lowest BCUT2D eigenvalue weighted by atomic mass is 10.2. The summed E-state index contributed by atoms with van der Waals surface area (Å²) in [5, 5.41) is 4.24. The summed E-state index contributed by atoms with van der Waals surface area (Å²) in [6, 6.07) is 15.3. The van der Waals surface area contributed by atoms with Gasteiger partial charge in [0.2, 0.25) is 0 Å². The Morgan fingerprint density at radius 3 is 2.25 bits per heavy atom. The van der Waals surface area contributed by atoms with Crippen molar-refractivity contribution < 1.29 is 0 Å². The summed E-state index contributed by atoms with van der Waals surface area (Å²) in [5.74, 6) is 0.560. The maximum Gasteiger partial charge on any atom is 0.172 e. The van der Waals surface area contributed by atoms with Crippen molar-refractivity contribution in [3.8, 4) is 0 Å². The molecule has 0 aliphatic rings. The van der Waals surface area contributed by atoms with Gasteiger partial charge in [-0.05, 0) is 23.8 Å². The topological polar surface area (TPSA) is 37.8 Å². The van der Waals surface area contributed by atoms with Gasteiger partial charge in [-0.1, -0.05) is 53.5 Å². The molecule has 5 heteroatoms. The highest BCUT2D eigenvalue weighted by molar-refractivity contribution is 6.32. The van der Waals surface area contributed by atoms with Crippen LogP contribution in [0.25, 0.3) is 11.0 Å². The molecule has 3 rings (SSSR count). The lowest BCUT2D eigenvalue weighted by Crippen LogP contribution is -2.03. The third kappa shape index (κ3) is 2.69. The first-order valence-corrected chi connectivity index (χ1v) is 6.89. The van der Waals surface area contributed by atoms with Gasteiger partial charge in [-0.15, -0.1) is 0 Å². The fourth-order valence-corrected chi connectivity index (χ4v) is 2.31. The second-order valence-electron chi connectivity index (χ2n) is 4.30. The molecule has 100 valence electrons. The number of para-hydroxylation sites is 2. The van der Waals surface area contributed by atoms with E-state index in [2.05, 4.69) is 15.3 Å². The molecule has 0 aliphatic carbocycles. The molecule has 0 atom stereocenters. The minimum atomic E-state index is 0.357. The van der Waals surface area contributed by atoms with Crippen LogP contribution < -0.4 is 5.32 Å². The van der Waals surface area contributed by atoms with E-state index in [9.17, 15) is 0 Å². The Hall–Kier alpha value is -1.84. The summed E-state index contributed by atoms with van der Waals surface area (Å²) in [5.41, 5.74) is 2.57. The molecule has 20 heavy (non-hydrogen) atoms. The van der Waals surface area contributed by atoms with Crippen LogP contribution in [0.2, 0.25) is 10.2 Å². The second-order valence-corrected chi connectivity index (χ2v) is 5.06. The SMILES string of the molecule is Clc1ccccc1CNc1nc2ccccc2nc1Cl. The number of anilines is 1. The molecule has 1 N–H and O–H groups in total. The summed E-state index contributed by atoms with van der Waals surface area (Å²) in [4.78, 5) is 8.79. The summed E-state index contributed by atoms with van der Waals surface area (Å²) < 4.78 is 0. The first-order chi connectivity index (χ1) is 9.74. The van der Waals surface area contributed by atoms with E-state index in [4.69, 9.17) is 23.2 Å². The molecule has 1 aromatic heterocycles. The first kappa shape index (κ1) is 13.2. The van der Waals surface area contributed by atoms with E-state index in [1.165, 1.54) is 0 Å². The minimum Gasteiger partial charge on any atom is -0.363 e. The van der Waals surface area contributed by atoms with E-state index in [1.807, 2.05) is 48.5 Å². The number of hydrogen-bond donors (Lipinski definition) is 1. The summed E-state index contributed by atoms with van der Waals surface area (Å²) >= 11 is 12.3. The Bertz CT molecular complexity index is 759. The predicted molar refractivity (Wildman–Crippen MR) is 83.3 cm³/mol. The number of nitrogens with one attached hydrogen (secondary N) is 1. The molecular weight excluding hydrogens is 293 g/mol. The highest BCUT2D eigenvalue weighted by Gasteiger charge is 2.07. The predicted octanol–water partition coefficient (Wildman–Crippen LogP) is 4.55. The number of hydrogen-bond acceptors (Lipinski definition) is 3. The standard InChI is InChI=1S/C15H11Cl2N3/c16-11-6-2-1-5-10(11)9-18-15-14(17)19-12-7-3-4-8-13(12)20-15/h1-8H,9H2,(H,18,20). The van der Waals surface area contributed by atoms with Crippen LogP contribution in [0.3, 0.4) is 0 Å². The number of halogens is 2. The van der Waals surface area contributed by atoms with E-state index in [-0.39, 0.29) is 0 Å². The Morgan fingerprint density at radius 2 is 1.50 bits per heavy atom. The lowest BCUT2D eigenvalue weighted by Gasteiger charge is -2.09. The molecule has 0 bridgehead atoms. The summed E-state index contributed by atoms with van der Waals surface area (Å²) in [6.45, 7) is 0.548. The maximum atomic E-state index is 6.14. The third-order valence-electron chi connectivity index (χ3n) is 2.93. The van der Waals surface area contributed by atoms with Crippen molar-refractivity contribution in [1.82, 2.24) is 9.97 Å². The molecular formula is C15H11Cl2N3. The van der Waals surface area contributed by atoms with Crippen LogP contribution in [-0.2, 0) is 6.54 Å². The highest BCUT2D eigenvalue weighted by Crippen LogP contribution is 2.22. The fraction of sp³-hybridized carbons (Fsp3) is 0.0667. The normalized spacial score (nSPS) is 10.7. The van der Waals surface area contributed by atoms with Gasteiger partial charge in [-0.25, -0.2) is 9.97 Å². The van der Waals surface area contributed by atoms with E-state index in [0.29, 0.717) is 22.5 Å². The molecule has 0 spiro atoms. The highest BCUT2D eigenvalue weighted by atomic mass is 35.5. The molecule has 3 nitrogen and oxygen atoms in total. The van der Waals surface area contributed by atoms with Gasteiger partial charge in [0, 0.05) is 11.6 Å². The Labute approximate surface area is 126 Å². The second kappa shape index (κ2) is 5.65. The zero-order chi connectivity index (χ0) is 13.9. The van der Waals surface area contributed by atoms with Crippen LogP contribution in [0.5, 0.6) is 0 Å². The van der Waals surface area contributed by atoms with Gasteiger partial charge in [0.15, 0.2) is 11.0 Å². The molecule has 0 aliphatic heterocycles. The van der Waals surface area contributed by atoms with Gasteiger partial charge in [0.05, 0.1) is 11.0 Å². The van der Waals surface area contributed by atoms with Crippen LogP contribution in [0, 0.1) is 0 Å². The van der Waals surface area contributed by atoms with Crippen molar-refractivity contribution in [2.24, 2.45) is 0 Å². The van der Waals surface area contributed by atoms with Gasteiger partial charge in [-0.3, -0.25) is 0 Å². The van der Waals surface area contributed by atoms with Crippen LogP contribution in [0.4, 0.5) is 5.82 Å². The number of benzene rings is 2. The van der Waals surface area contributed by atoms with Crippen molar-refractivity contribution in [2.75, 3.05) is 5.32 Å². The summed E-state index contributed by atoms with van der Waals surface area (Å²) in [6.07, 6.45) is 0. The van der Waals surface area contributed by atoms with Crippen molar-refractivity contribution in [1.29, 1.82) is 0 Å². The molecule has 0 saturated heterocycles. The zero-order valence-corrected chi connectivity index (χ0v) is 12.0. The zero-order valence-electron chi connectivity index (χ0n) is 10.5. The van der Waals surface area contributed by atoms with Crippen molar-refractivity contribution in [2.45, 2.75) is 6.54 Å². The number of aromatic nitrogens is 2. The van der Waals surface area contributed by atoms with Crippen molar-refractivity contribution in [3.05, 3.63) is 64.3 Å². The Balaban J connectivity index is 1.87. The first-order valence-electron chi connectivity index (χ1n) is 6.13. The van der Waals surface area contributed by atoms with Crippen LogP contribution in [-0.4, -0.2) is 9.97 Å². The average molecular weight is 304 g/mol. The van der Waals surface area contributed by atoms with Gasteiger partial charge in [-0.2, -0.15) is 0 Å². The Morgan fingerprint density at radius 1 is 0.850 bits per heavy atom. The maximum absolute atomic E-state index is 6.14. The van der Waals surface area contributed by atoms with Gasteiger partial charge < -0.3 is 5.32 Å². The molecule has 0 amide bonds. The molecule has 0 radical (unpaired) electrons. The van der Waals surface area contributed by atoms with E-state index >= 15 is 0 Å². The lowest BCUT2D eigenvalue weighted by molar-refractivity contribution is 1.11. The van der Waals surface area contributed by atoms with E-state index in [1.54, 1.807) is 0 Å². The Kier molecular flexibility index (Phi) is 3.72. The molecule has 0 saturated carbocycles. The van der Waals surface area contributed by atoms with Crippen molar-refractivity contribution in [3.63, 3.8) is 0 Å². The molecule has 3 aromatic rings. The number of fused-ring (bicyclic) bond motifs is 1.